The van der Waals surface area contributed by atoms with Crippen LogP contribution in [0.15, 0.2) is 29.2 Å². The van der Waals surface area contributed by atoms with E-state index in [0.717, 1.165) is 25.0 Å². The standard InChI is InChI=1S/C16H21FN2O4S/c17-13-2-4-14(5-3-13)24(22,23)19-9-1-6-16(12-19)7-10-18(11-8-16)15(20)21/h2-5H,1,6-12H2,(H,20,21). The SMILES string of the molecule is O=C(O)N1CCC2(CCCN(S(=O)(=O)c3ccc(F)cc3)C2)CC1. The number of hydrogen-bond donors (Lipinski definition) is 1. The van der Waals surface area contributed by atoms with Gasteiger partial charge in [-0.3, -0.25) is 0 Å². The van der Waals surface area contributed by atoms with E-state index >= 15 is 0 Å². The molecule has 132 valence electrons. The van der Waals surface area contributed by atoms with Crippen molar-refractivity contribution in [3.8, 4) is 0 Å². The first-order valence-electron chi connectivity index (χ1n) is 8.06. The molecule has 0 aliphatic carbocycles. The van der Waals surface area contributed by atoms with Crippen molar-refractivity contribution in [3.63, 3.8) is 0 Å². The minimum atomic E-state index is -3.65. The highest BCUT2D eigenvalue weighted by molar-refractivity contribution is 7.89. The Morgan fingerprint density at radius 3 is 2.29 bits per heavy atom. The van der Waals surface area contributed by atoms with Gasteiger partial charge in [0.25, 0.3) is 0 Å². The van der Waals surface area contributed by atoms with E-state index < -0.39 is 21.9 Å². The van der Waals surface area contributed by atoms with Gasteiger partial charge in [0.2, 0.25) is 10.0 Å². The van der Waals surface area contributed by atoms with E-state index in [0.29, 0.717) is 39.0 Å². The predicted molar refractivity (Wildman–Crippen MR) is 85.7 cm³/mol. The van der Waals surface area contributed by atoms with Crippen LogP contribution in [0.3, 0.4) is 0 Å². The number of hydrogen-bond acceptors (Lipinski definition) is 3. The maximum Gasteiger partial charge on any atom is 0.407 e. The topological polar surface area (TPSA) is 77.9 Å². The average molecular weight is 356 g/mol. The van der Waals surface area contributed by atoms with Crippen molar-refractivity contribution in [2.24, 2.45) is 5.41 Å². The third-order valence-electron chi connectivity index (χ3n) is 5.17. The van der Waals surface area contributed by atoms with Gasteiger partial charge in [0.05, 0.1) is 4.90 Å². The number of sulfonamides is 1. The van der Waals surface area contributed by atoms with Gasteiger partial charge in [0.15, 0.2) is 0 Å². The summed E-state index contributed by atoms with van der Waals surface area (Å²) in [5.41, 5.74) is -0.155. The molecule has 1 aromatic carbocycles. The van der Waals surface area contributed by atoms with E-state index in [-0.39, 0.29) is 10.3 Å². The first-order chi connectivity index (χ1) is 11.3. The number of benzene rings is 1. The van der Waals surface area contributed by atoms with Gasteiger partial charge < -0.3 is 10.0 Å². The second-order valence-electron chi connectivity index (χ2n) is 6.67. The maximum atomic E-state index is 13.0. The summed E-state index contributed by atoms with van der Waals surface area (Å²) in [5, 5.41) is 9.07. The van der Waals surface area contributed by atoms with Gasteiger partial charge in [-0.1, -0.05) is 0 Å². The summed E-state index contributed by atoms with van der Waals surface area (Å²) in [7, 11) is -3.65. The van der Waals surface area contributed by atoms with Crippen LogP contribution in [0.1, 0.15) is 25.7 Å². The van der Waals surface area contributed by atoms with Gasteiger partial charge in [-0.15, -0.1) is 0 Å². The minimum Gasteiger partial charge on any atom is -0.465 e. The first kappa shape index (κ1) is 17.2. The van der Waals surface area contributed by atoms with E-state index in [4.69, 9.17) is 5.11 Å². The van der Waals surface area contributed by atoms with E-state index in [1.54, 1.807) is 0 Å². The third kappa shape index (κ3) is 3.25. The van der Waals surface area contributed by atoms with Crippen LogP contribution in [-0.2, 0) is 10.0 Å². The third-order valence-corrected chi connectivity index (χ3v) is 7.03. The lowest BCUT2D eigenvalue weighted by molar-refractivity contribution is 0.0520. The molecule has 0 radical (unpaired) electrons. The second-order valence-corrected chi connectivity index (χ2v) is 8.60. The Bertz CT molecular complexity index is 712. The predicted octanol–water partition coefficient (Wildman–Crippen LogP) is 2.37. The summed E-state index contributed by atoms with van der Waals surface area (Å²) in [6, 6.07) is 4.88. The fraction of sp³-hybridized carbons (Fsp3) is 0.562. The normalized spacial score (nSPS) is 21.8. The second kappa shape index (κ2) is 6.33. The molecule has 2 aliphatic rings. The van der Waals surface area contributed by atoms with Crippen LogP contribution in [0.5, 0.6) is 0 Å². The van der Waals surface area contributed by atoms with Crippen molar-refractivity contribution >= 4 is 16.1 Å². The zero-order valence-electron chi connectivity index (χ0n) is 13.3. The van der Waals surface area contributed by atoms with E-state index in [1.165, 1.54) is 21.3 Å². The molecule has 0 saturated carbocycles. The fourth-order valence-electron chi connectivity index (χ4n) is 3.70. The first-order valence-corrected chi connectivity index (χ1v) is 9.50. The molecule has 8 heteroatoms. The monoisotopic (exact) mass is 356 g/mol. The lowest BCUT2D eigenvalue weighted by Crippen LogP contribution is -2.51. The molecule has 1 aromatic rings. The van der Waals surface area contributed by atoms with Crippen molar-refractivity contribution in [2.45, 2.75) is 30.6 Å². The summed E-state index contributed by atoms with van der Waals surface area (Å²) in [6.07, 6.45) is 2.10. The van der Waals surface area contributed by atoms with Crippen LogP contribution in [0.4, 0.5) is 9.18 Å². The molecule has 2 fully saturated rings. The molecule has 2 saturated heterocycles. The molecule has 0 aromatic heterocycles. The number of piperidine rings is 2. The molecule has 0 unspecified atom stereocenters. The number of rotatable bonds is 2. The lowest BCUT2D eigenvalue weighted by atomic mass is 9.73. The fourth-order valence-corrected chi connectivity index (χ4v) is 5.30. The molecule has 0 bridgehead atoms. The Morgan fingerprint density at radius 2 is 1.71 bits per heavy atom. The summed E-state index contributed by atoms with van der Waals surface area (Å²) in [5.74, 6) is -0.467. The molecule has 0 atom stereocenters. The zero-order chi connectivity index (χ0) is 17.4. The number of likely N-dealkylation sites (tertiary alicyclic amines) is 1. The Labute approximate surface area is 140 Å². The molecule has 1 spiro atoms. The van der Waals surface area contributed by atoms with Gasteiger partial charge in [0, 0.05) is 26.2 Å². The highest BCUT2D eigenvalue weighted by Crippen LogP contribution is 2.41. The van der Waals surface area contributed by atoms with Crippen LogP contribution >= 0.6 is 0 Å². The van der Waals surface area contributed by atoms with Gasteiger partial charge in [0.1, 0.15) is 5.82 Å². The van der Waals surface area contributed by atoms with Crippen LogP contribution < -0.4 is 0 Å². The summed E-state index contributed by atoms with van der Waals surface area (Å²) >= 11 is 0. The Kier molecular flexibility index (Phi) is 4.52. The summed E-state index contributed by atoms with van der Waals surface area (Å²) < 4.78 is 40.1. The van der Waals surface area contributed by atoms with E-state index in [2.05, 4.69) is 0 Å². The van der Waals surface area contributed by atoms with E-state index in [9.17, 15) is 17.6 Å². The Hall–Kier alpha value is -1.67. The molecule has 2 heterocycles. The highest BCUT2D eigenvalue weighted by atomic mass is 32.2. The quantitative estimate of drug-likeness (QED) is 0.882. The summed E-state index contributed by atoms with van der Waals surface area (Å²) in [6.45, 7) is 1.74. The molecule has 3 rings (SSSR count). The van der Waals surface area contributed by atoms with Crippen LogP contribution in [0.2, 0.25) is 0 Å². The number of halogens is 1. The van der Waals surface area contributed by atoms with Crippen molar-refractivity contribution in [1.82, 2.24) is 9.21 Å². The van der Waals surface area contributed by atoms with Crippen LogP contribution in [0, 0.1) is 11.2 Å². The highest BCUT2D eigenvalue weighted by Gasteiger charge is 2.42. The minimum absolute atomic E-state index is 0.101. The number of carboxylic acid groups (broad SMARTS) is 1. The molecule has 1 N–H and O–H groups in total. The molecule has 6 nitrogen and oxygen atoms in total. The molecule has 24 heavy (non-hydrogen) atoms. The number of amides is 1. The smallest absolute Gasteiger partial charge is 0.407 e. The average Bonchev–Trinajstić information content (AvgIpc) is 2.56. The molecular weight excluding hydrogens is 335 g/mol. The zero-order valence-corrected chi connectivity index (χ0v) is 14.1. The van der Waals surface area contributed by atoms with Crippen molar-refractivity contribution in [2.75, 3.05) is 26.2 Å². The van der Waals surface area contributed by atoms with E-state index in [1.807, 2.05) is 0 Å². The number of carbonyl (C=O) groups is 1. The number of nitrogens with zero attached hydrogens (tertiary/aromatic N) is 2. The van der Waals surface area contributed by atoms with Crippen molar-refractivity contribution < 1.29 is 22.7 Å². The van der Waals surface area contributed by atoms with Gasteiger partial charge in [-0.2, -0.15) is 4.31 Å². The van der Waals surface area contributed by atoms with Crippen molar-refractivity contribution in [1.29, 1.82) is 0 Å². The molecule has 1 amide bonds. The van der Waals surface area contributed by atoms with Gasteiger partial charge in [-0.25, -0.2) is 17.6 Å². The van der Waals surface area contributed by atoms with Crippen molar-refractivity contribution in [3.05, 3.63) is 30.1 Å². The maximum absolute atomic E-state index is 13.0. The van der Waals surface area contributed by atoms with Gasteiger partial charge >= 0.3 is 6.09 Å². The molecule has 2 aliphatic heterocycles. The molecular formula is C16H21FN2O4S. The Balaban J connectivity index is 1.76. The van der Waals surface area contributed by atoms with Crippen LogP contribution in [-0.4, -0.2) is 55.0 Å². The largest absolute Gasteiger partial charge is 0.465 e. The van der Waals surface area contributed by atoms with Crippen LogP contribution in [0.25, 0.3) is 0 Å². The lowest BCUT2D eigenvalue weighted by Gasteiger charge is -2.46. The summed E-state index contributed by atoms with van der Waals surface area (Å²) in [4.78, 5) is 12.5. The van der Waals surface area contributed by atoms with Gasteiger partial charge in [-0.05, 0) is 55.4 Å². The Morgan fingerprint density at radius 1 is 1.08 bits per heavy atom.